The van der Waals surface area contributed by atoms with Crippen molar-refractivity contribution in [1.82, 2.24) is 9.97 Å². The molecule has 0 saturated heterocycles. The van der Waals surface area contributed by atoms with Gasteiger partial charge < -0.3 is 10.6 Å². The number of nitrogens with zero attached hydrogens (tertiary/aromatic N) is 2. The lowest BCUT2D eigenvalue weighted by atomic mass is 10.3. The number of para-hydroxylation sites is 1. The minimum Gasteiger partial charge on any atom is -0.340 e. The van der Waals surface area contributed by atoms with E-state index in [1.807, 2.05) is 61.5 Å². The quantitative estimate of drug-likeness (QED) is 0.602. The molecule has 0 bridgehead atoms. The van der Waals surface area contributed by atoms with Gasteiger partial charge in [-0.1, -0.05) is 29.8 Å². The number of benzene rings is 2. The smallest absolute Gasteiger partial charge is 0.136 e. The van der Waals surface area contributed by atoms with Gasteiger partial charge in [-0.15, -0.1) is 0 Å². The zero-order valence-electron chi connectivity index (χ0n) is 12.3. The van der Waals surface area contributed by atoms with Crippen LogP contribution in [0.5, 0.6) is 0 Å². The van der Waals surface area contributed by atoms with E-state index in [-0.39, 0.29) is 0 Å². The highest BCUT2D eigenvalue weighted by molar-refractivity contribution is 9.10. The first-order chi connectivity index (χ1) is 11.1. The van der Waals surface area contributed by atoms with Crippen molar-refractivity contribution >= 4 is 50.5 Å². The summed E-state index contributed by atoms with van der Waals surface area (Å²) in [7, 11) is 0. The molecule has 0 amide bonds. The minimum absolute atomic E-state index is 0.673. The third-order valence-corrected chi connectivity index (χ3v) is 4.00. The topological polar surface area (TPSA) is 49.8 Å². The van der Waals surface area contributed by atoms with Crippen molar-refractivity contribution < 1.29 is 0 Å². The number of hydrogen-bond donors (Lipinski definition) is 2. The Kier molecular flexibility index (Phi) is 4.79. The Hall–Kier alpha value is -2.11. The Morgan fingerprint density at radius 1 is 0.913 bits per heavy atom. The van der Waals surface area contributed by atoms with Gasteiger partial charge in [0, 0.05) is 21.2 Å². The molecule has 0 aliphatic heterocycles. The molecule has 0 fully saturated rings. The summed E-state index contributed by atoms with van der Waals surface area (Å²) in [5, 5.41) is 7.20. The van der Waals surface area contributed by atoms with Crippen LogP contribution in [0.4, 0.5) is 23.0 Å². The van der Waals surface area contributed by atoms with Gasteiger partial charge in [0.15, 0.2) is 0 Å². The van der Waals surface area contributed by atoms with Crippen molar-refractivity contribution in [3.8, 4) is 0 Å². The monoisotopic (exact) mass is 388 g/mol. The molecule has 0 unspecified atom stereocenters. The number of anilines is 4. The van der Waals surface area contributed by atoms with Gasteiger partial charge in [-0.3, -0.25) is 0 Å². The maximum atomic E-state index is 6.01. The SMILES string of the molecule is Cc1nc(Nc2cccc(Cl)c2)cc(Nc2ccccc2Br)n1. The fourth-order valence-electron chi connectivity index (χ4n) is 2.11. The first-order valence-corrected chi connectivity index (χ1v) is 8.17. The van der Waals surface area contributed by atoms with Gasteiger partial charge in [0.25, 0.3) is 0 Å². The number of rotatable bonds is 4. The Morgan fingerprint density at radius 3 is 2.39 bits per heavy atom. The Labute approximate surface area is 148 Å². The predicted molar refractivity (Wildman–Crippen MR) is 98.9 cm³/mol. The largest absolute Gasteiger partial charge is 0.340 e. The van der Waals surface area contributed by atoms with Crippen LogP contribution < -0.4 is 10.6 Å². The Balaban J connectivity index is 1.86. The van der Waals surface area contributed by atoms with Crippen molar-refractivity contribution in [3.63, 3.8) is 0 Å². The van der Waals surface area contributed by atoms with Gasteiger partial charge in [0.05, 0.1) is 5.69 Å². The van der Waals surface area contributed by atoms with Gasteiger partial charge in [-0.2, -0.15) is 0 Å². The summed E-state index contributed by atoms with van der Waals surface area (Å²) in [5.74, 6) is 2.09. The number of aryl methyl sites for hydroxylation is 1. The standard InChI is InChI=1S/C17H14BrClN4/c1-11-20-16(22-13-6-4-5-12(19)9-13)10-17(21-11)23-15-8-3-2-7-14(15)18/h2-10H,1H3,(H2,20,21,22,23). The van der Waals surface area contributed by atoms with Gasteiger partial charge in [-0.25, -0.2) is 9.97 Å². The molecule has 0 spiro atoms. The highest BCUT2D eigenvalue weighted by Crippen LogP contribution is 2.26. The molecular weight excluding hydrogens is 376 g/mol. The average molecular weight is 390 g/mol. The van der Waals surface area contributed by atoms with Crippen LogP contribution >= 0.6 is 27.5 Å². The second kappa shape index (κ2) is 6.98. The first-order valence-electron chi connectivity index (χ1n) is 7.00. The minimum atomic E-state index is 0.673. The predicted octanol–water partition coefficient (Wildman–Crippen LogP) is 5.69. The Morgan fingerprint density at radius 2 is 1.65 bits per heavy atom. The molecule has 1 heterocycles. The van der Waals surface area contributed by atoms with Crippen molar-refractivity contribution in [2.75, 3.05) is 10.6 Å². The maximum absolute atomic E-state index is 6.01. The average Bonchev–Trinajstić information content (AvgIpc) is 2.49. The van der Waals surface area contributed by atoms with Crippen LogP contribution in [0.15, 0.2) is 59.1 Å². The lowest BCUT2D eigenvalue weighted by Gasteiger charge is -2.11. The van der Waals surface area contributed by atoms with E-state index in [0.29, 0.717) is 22.5 Å². The third kappa shape index (κ3) is 4.21. The molecule has 23 heavy (non-hydrogen) atoms. The molecule has 0 atom stereocenters. The summed E-state index contributed by atoms with van der Waals surface area (Å²) in [6.45, 7) is 1.86. The molecule has 0 aliphatic carbocycles. The van der Waals surface area contributed by atoms with Gasteiger partial charge in [0.2, 0.25) is 0 Å². The van der Waals surface area contributed by atoms with E-state index in [4.69, 9.17) is 11.6 Å². The van der Waals surface area contributed by atoms with Gasteiger partial charge in [0.1, 0.15) is 17.5 Å². The van der Waals surface area contributed by atoms with E-state index in [1.165, 1.54) is 0 Å². The maximum Gasteiger partial charge on any atom is 0.136 e. The molecule has 3 aromatic rings. The second-order valence-corrected chi connectivity index (χ2v) is 6.22. The van der Waals surface area contributed by atoms with E-state index in [1.54, 1.807) is 0 Å². The molecular formula is C17H14BrClN4. The van der Waals surface area contributed by atoms with Crippen LogP contribution in [-0.2, 0) is 0 Å². The van der Waals surface area contributed by atoms with Crippen LogP contribution in [-0.4, -0.2) is 9.97 Å². The van der Waals surface area contributed by atoms with Crippen molar-refractivity contribution in [3.05, 3.63) is 69.9 Å². The highest BCUT2D eigenvalue weighted by Gasteiger charge is 2.05. The van der Waals surface area contributed by atoms with Crippen molar-refractivity contribution in [2.45, 2.75) is 6.92 Å². The summed E-state index contributed by atoms with van der Waals surface area (Å²) in [5.41, 5.74) is 1.82. The zero-order chi connectivity index (χ0) is 16.2. The fraction of sp³-hybridized carbons (Fsp3) is 0.0588. The van der Waals surface area contributed by atoms with E-state index < -0.39 is 0 Å². The fourth-order valence-corrected chi connectivity index (χ4v) is 2.68. The number of halogens is 2. The lowest BCUT2D eigenvalue weighted by molar-refractivity contribution is 1.06. The molecule has 0 radical (unpaired) electrons. The number of nitrogens with one attached hydrogen (secondary N) is 2. The molecule has 2 aromatic carbocycles. The Bertz CT molecular complexity index is 838. The summed E-state index contributed by atoms with van der Waals surface area (Å²) in [6, 6.07) is 17.2. The second-order valence-electron chi connectivity index (χ2n) is 4.93. The van der Waals surface area contributed by atoms with E-state index >= 15 is 0 Å². The van der Waals surface area contributed by atoms with Crippen LogP contribution in [0.25, 0.3) is 0 Å². The van der Waals surface area contributed by atoms with E-state index in [9.17, 15) is 0 Å². The number of aromatic nitrogens is 2. The summed E-state index contributed by atoms with van der Waals surface area (Å²) < 4.78 is 0.973. The van der Waals surface area contributed by atoms with E-state index in [2.05, 4.69) is 36.5 Å². The molecule has 2 N–H and O–H groups in total. The molecule has 4 nitrogen and oxygen atoms in total. The van der Waals surface area contributed by atoms with Crippen LogP contribution in [0.2, 0.25) is 5.02 Å². The third-order valence-electron chi connectivity index (χ3n) is 3.07. The summed E-state index contributed by atoms with van der Waals surface area (Å²) >= 11 is 9.52. The van der Waals surface area contributed by atoms with Crippen molar-refractivity contribution in [1.29, 1.82) is 0 Å². The molecule has 0 aliphatic rings. The molecule has 6 heteroatoms. The zero-order valence-corrected chi connectivity index (χ0v) is 14.7. The molecule has 1 aromatic heterocycles. The van der Waals surface area contributed by atoms with Crippen LogP contribution in [0.1, 0.15) is 5.82 Å². The molecule has 0 saturated carbocycles. The lowest BCUT2D eigenvalue weighted by Crippen LogP contribution is -2.01. The van der Waals surface area contributed by atoms with Gasteiger partial charge >= 0.3 is 0 Å². The number of hydrogen-bond acceptors (Lipinski definition) is 4. The van der Waals surface area contributed by atoms with Crippen LogP contribution in [0, 0.1) is 6.92 Å². The molecule has 3 rings (SSSR count). The summed E-state index contributed by atoms with van der Waals surface area (Å²) in [4.78, 5) is 8.83. The normalized spacial score (nSPS) is 10.4. The van der Waals surface area contributed by atoms with E-state index in [0.717, 1.165) is 15.8 Å². The summed E-state index contributed by atoms with van der Waals surface area (Å²) in [6.07, 6.45) is 0. The molecule has 116 valence electrons. The highest BCUT2D eigenvalue weighted by atomic mass is 79.9. The van der Waals surface area contributed by atoms with Gasteiger partial charge in [-0.05, 0) is 53.2 Å². The van der Waals surface area contributed by atoms with Crippen LogP contribution in [0.3, 0.4) is 0 Å². The first kappa shape index (κ1) is 15.8. The van der Waals surface area contributed by atoms with Crippen molar-refractivity contribution in [2.24, 2.45) is 0 Å².